The van der Waals surface area contributed by atoms with Gasteiger partial charge in [-0.25, -0.2) is 0 Å². The van der Waals surface area contributed by atoms with Gasteiger partial charge in [0.1, 0.15) is 0 Å². The highest BCUT2D eigenvalue weighted by atomic mass is 16.7. The van der Waals surface area contributed by atoms with E-state index in [0.717, 1.165) is 37.7 Å². The first kappa shape index (κ1) is 17.4. The molecule has 1 aromatic rings. The standard InChI is InChI=1S/C19H27NO4/c1-18(22)10-8-15(9-11-18)14-4-6-16(7-5-14)20-12-17(23-3)24-19(20,2)13-21/h4-7,13,15,17,22H,8-12H2,1-3H3/t15?,17-,18?,19?/m1/s1. The van der Waals surface area contributed by atoms with E-state index in [4.69, 9.17) is 9.47 Å². The van der Waals surface area contributed by atoms with Crippen LogP contribution < -0.4 is 4.90 Å². The number of aliphatic hydroxyl groups is 1. The van der Waals surface area contributed by atoms with Gasteiger partial charge in [-0.2, -0.15) is 0 Å². The lowest BCUT2D eigenvalue weighted by atomic mass is 9.77. The van der Waals surface area contributed by atoms with E-state index in [1.165, 1.54) is 5.56 Å². The van der Waals surface area contributed by atoms with Gasteiger partial charge < -0.3 is 19.5 Å². The normalized spacial score (nSPS) is 36.8. The Morgan fingerprint density at radius 3 is 2.42 bits per heavy atom. The summed E-state index contributed by atoms with van der Waals surface area (Å²) in [5, 5.41) is 10.1. The number of ether oxygens (including phenoxy) is 2. The molecule has 0 bridgehead atoms. The van der Waals surface area contributed by atoms with Crippen molar-refractivity contribution < 1.29 is 19.4 Å². The Morgan fingerprint density at radius 1 is 1.25 bits per heavy atom. The van der Waals surface area contributed by atoms with Gasteiger partial charge in [0.2, 0.25) is 0 Å². The lowest BCUT2D eigenvalue weighted by Crippen LogP contribution is -2.43. The topological polar surface area (TPSA) is 59.0 Å². The maximum Gasteiger partial charge on any atom is 0.198 e. The Labute approximate surface area is 143 Å². The molecule has 1 N–H and O–H groups in total. The van der Waals surface area contributed by atoms with E-state index in [0.29, 0.717) is 12.5 Å². The lowest BCUT2D eigenvalue weighted by molar-refractivity contribution is -0.155. The van der Waals surface area contributed by atoms with Crippen molar-refractivity contribution in [2.45, 2.75) is 63.1 Å². The third-order valence-corrected chi connectivity index (χ3v) is 5.46. The van der Waals surface area contributed by atoms with E-state index in [-0.39, 0.29) is 0 Å². The summed E-state index contributed by atoms with van der Waals surface area (Å²) in [6.07, 6.45) is 4.13. The minimum atomic E-state index is -0.994. The van der Waals surface area contributed by atoms with Gasteiger partial charge in [0.15, 0.2) is 18.3 Å². The van der Waals surface area contributed by atoms with Gasteiger partial charge in [-0.1, -0.05) is 12.1 Å². The van der Waals surface area contributed by atoms with Crippen LogP contribution >= 0.6 is 0 Å². The number of carbonyl (C=O) groups excluding carboxylic acids is 1. The average Bonchev–Trinajstić information content (AvgIpc) is 2.93. The van der Waals surface area contributed by atoms with Crippen molar-refractivity contribution in [2.75, 3.05) is 18.6 Å². The number of aldehydes is 1. The molecule has 1 heterocycles. The van der Waals surface area contributed by atoms with Gasteiger partial charge in [0.05, 0.1) is 12.1 Å². The molecular weight excluding hydrogens is 306 g/mol. The van der Waals surface area contributed by atoms with Gasteiger partial charge in [-0.05, 0) is 63.1 Å². The third-order valence-electron chi connectivity index (χ3n) is 5.46. The van der Waals surface area contributed by atoms with Crippen molar-refractivity contribution >= 4 is 12.0 Å². The zero-order chi connectivity index (χ0) is 17.4. The van der Waals surface area contributed by atoms with Crippen molar-refractivity contribution in [3.05, 3.63) is 29.8 Å². The second-order valence-corrected chi connectivity index (χ2v) is 7.43. The molecule has 2 aliphatic rings. The quantitative estimate of drug-likeness (QED) is 0.859. The molecule has 0 aromatic heterocycles. The Balaban J connectivity index is 1.74. The van der Waals surface area contributed by atoms with Crippen molar-refractivity contribution in [1.82, 2.24) is 0 Å². The Kier molecular flexibility index (Phi) is 4.69. The summed E-state index contributed by atoms with van der Waals surface area (Å²) >= 11 is 0. The van der Waals surface area contributed by atoms with E-state index in [1.807, 2.05) is 24.0 Å². The molecule has 24 heavy (non-hydrogen) atoms. The Hall–Kier alpha value is -1.43. The molecule has 1 unspecified atom stereocenters. The highest BCUT2D eigenvalue weighted by molar-refractivity contribution is 5.70. The largest absolute Gasteiger partial charge is 0.390 e. The fourth-order valence-electron chi connectivity index (χ4n) is 3.77. The van der Waals surface area contributed by atoms with Crippen molar-refractivity contribution in [2.24, 2.45) is 0 Å². The fourth-order valence-corrected chi connectivity index (χ4v) is 3.77. The first-order chi connectivity index (χ1) is 11.4. The molecule has 1 aromatic carbocycles. The second-order valence-electron chi connectivity index (χ2n) is 7.43. The molecule has 1 saturated carbocycles. The monoisotopic (exact) mass is 333 g/mol. The SMILES string of the molecule is CO[C@H]1CN(c2ccc(C3CCC(C)(O)CC3)cc2)C(C)(C=O)O1. The van der Waals surface area contributed by atoms with Crippen LogP contribution in [0.4, 0.5) is 5.69 Å². The van der Waals surface area contributed by atoms with E-state index in [1.54, 1.807) is 14.0 Å². The highest BCUT2D eigenvalue weighted by Crippen LogP contribution is 2.39. The van der Waals surface area contributed by atoms with Crippen LogP contribution in [0.25, 0.3) is 0 Å². The van der Waals surface area contributed by atoms with Gasteiger partial charge in [-0.3, -0.25) is 4.79 Å². The van der Waals surface area contributed by atoms with Crippen molar-refractivity contribution in [3.63, 3.8) is 0 Å². The van der Waals surface area contributed by atoms with Crippen molar-refractivity contribution in [1.29, 1.82) is 0 Å². The van der Waals surface area contributed by atoms with Crippen LogP contribution in [0.1, 0.15) is 51.0 Å². The van der Waals surface area contributed by atoms with Gasteiger partial charge >= 0.3 is 0 Å². The van der Waals surface area contributed by atoms with Crippen LogP contribution in [0.2, 0.25) is 0 Å². The first-order valence-corrected chi connectivity index (χ1v) is 8.64. The maximum absolute atomic E-state index is 11.5. The average molecular weight is 333 g/mol. The molecule has 1 aliphatic heterocycles. The number of hydrogen-bond donors (Lipinski definition) is 1. The van der Waals surface area contributed by atoms with E-state index in [9.17, 15) is 9.90 Å². The molecule has 0 amide bonds. The summed E-state index contributed by atoms with van der Waals surface area (Å²) in [6.45, 7) is 4.21. The minimum absolute atomic E-state index is 0.402. The van der Waals surface area contributed by atoms with E-state index < -0.39 is 17.6 Å². The minimum Gasteiger partial charge on any atom is -0.390 e. The molecular formula is C19H27NO4. The van der Waals surface area contributed by atoms with Crippen LogP contribution in [-0.2, 0) is 14.3 Å². The molecule has 5 nitrogen and oxygen atoms in total. The van der Waals surface area contributed by atoms with Crippen LogP contribution in [0.5, 0.6) is 0 Å². The van der Waals surface area contributed by atoms with Crippen LogP contribution in [0.15, 0.2) is 24.3 Å². The number of hydrogen-bond acceptors (Lipinski definition) is 5. The summed E-state index contributed by atoms with van der Waals surface area (Å²) in [4.78, 5) is 13.4. The maximum atomic E-state index is 11.5. The molecule has 3 rings (SSSR count). The molecule has 0 radical (unpaired) electrons. The van der Waals surface area contributed by atoms with E-state index >= 15 is 0 Å². The number of methoxy groups -OCH3 is 1. The predicted molar refractivity (Wildman–Crippen MR) is 92.0 cm³/mol. The predicted octanol–water partition coefficient (Wildman–Crippen LogP) is 2.82. The highest BCUT2D eigenvalue weighted by Gasteiger charge is 2.43. The Bertz CT molecular complexity index is 576. The molecule has 0 spiro atoms. The van der Waals surface area contributed by atoms with Crippen molar-refractivity contribution in [3.8, 4) is 0 Å². The van der Waals surface area contributed by atoms with Crippen LogP contribution in [0, 0.1) is 0 Å². The summed E-state index contributed by atoms with van der Waals surface area (Å²) < 4.78 is 10.9. The molecule has 1 aliphatic carbocycles. The van der Waals surface area contributed by atoms with Crippen LogP contribution in [0.3, 0.4) is 0 Å². The fraction of sp³-hybridized carbons (Fsp3) is 0.632. The second kappa shape index (κ2) is 6.47. The number of anilines is 1. The lowest BCUT2D eigenvalue weighted by Gasteiger charge is -2.34. The Morgan fingerprint density at radius 2 is 1.88 bits per heavy atom. The zero-order valence-electron chi connectivity index (χ0n) is 14.7. The first-order valence-electron chi connectivity index (χ1n) is 8.64. The number of carbonyl (C=O) groups is 1. The molecule has 2 fully saturated rings. The summed E-state index contributed by atoms with van der Waals surface area (Å²) in [6, 6.07) is 8.35. The summed E-state index contributed by atoms with van der Waals surface area (Å²) in [7, 11) is 1.58. The zero-order valence-corrected chi connectivity index (χ0v) is 14.7. The van der Waals surface area contributed by atoms with Crippen LogP contribution in [-0.4, -0.2) is 42.7 Å². The summed E-state index contributed by atoms with van der Waals surface area (Å²) in [5.41, 5.74) is 0.747. The number of nitrogens with zero attached hydrogens (tertiary/aromatic N) is 1. The third kappa shape index (κ3) is 3.34. The molecule has 5 heteroatoms. The van der Waals surface area contributed by atoms with Gasteiger partial charge in [0.25, 0.3) is 0 Å². The van der Waals surface area contributed by atoms with E-state index in [2.05, 4.69) is 12.1 Å². The number of benzene rings is 1. The number of rotatable bonds is 4. The molecule has 132 valence electrons. The molecule has 1 saturated heterocycles. The molecule has 2 atom stereocenters. The summed E-state index contributed by atoms with van der Waals surface area (Å²) in [5.74, 6) is 0.498. The van der Waals surface area contributed by atoms with Gasteiger partial charge in [0, 0.05) is 12.8 Å². The van der Waals surface area contributed by atoms with Gasteiger partial charge in [-0.15, -0.1) is 0 Å². The smallest absolute Gasteiger partial charge is 0.198 e.